The molecular formula is C15H12N2O. The number of nitriles is 1. The average Bonchev–Trinajstić information content (AvgIpc) is 2.46. The molecule has 0 spiro atoms. The Labute approximate surface area is 106 Å². The monoisotopic (exact) mass is 236 g/mol. The molecule has 1 N–H and O–H groups in total. The van der Waals surface area contributed by atoms with Crippen LogP contribution in [0, 0.1) is 11.3 Å². The Balaban J connectivity index is 2.39. The average molecular weight is 236 g/mol. The van der Waals surface area contributed by atoms with E-state index in [1.165, 1.54) is 0 Å². The topological polar surface area (TPSA) is 52.9 Å². The summed E-state index contributed by atoms with van der Waals surface area (Å²) in [5.41, 5.74) is 2.56. The Morgan fingerprint density at radius 2 is 1.78 bits per heavy atom. The van der Waals surface area contributed by atoms with E-state index in [4.69, 9.17) is 5.26 Å². The van der Waals surface area contributed by atoms with Gasteiger partial charge in [0.25, 0.3) is 0 Å². The number of carbonyl (C=O) groups excluding carboxylic acids is 1. The van der Waals surface area contributed by atoms with E-state index >= 15 is 0 Å². The van der Waals surface area contributed by atoms with Gasteiger partial charge < -0.3 is 5.32 Å². The van der Waals surface area contributed by atoms with Crippen molar-refractivity contribution in [3.8, 4) is 6.07 Å². The number of carbonyl (C=O) groups is 1. The van der Waals surface area contributed by atoms with Crippen LogP contribution >= 0.6 is 0 Å². The minimum Gasteiger partial charge on any atom is -0.388 e. The SMILES string of the molecule is CNc1ccccc1C(=O)c1ccc(C#N)cc1. The van der Waals surface area contributed by atoms with E-state index in [9.17, 15) is 4.79 Å². The van der Waals surface area contributed by atoms with Gasteiger partial charge in [-0.1, -0.05) is 12.1 Å². The molecule has 0 heterocycles. The predicted molar refractivity (Wildman–Crippen MR) is 70.6 cm³/mol. The van der Waals surface area contributed by atoms with E-state index in [1.807, 2.05) is 24.3 Å². The maximum Gasteiger partial charge on any atom is 0.195 e. The maximum absolute atomic E-state index is 12.3. The molecule has 3 heteroatoms. The molecule has 0 bridgehead atoms. The second-order valence-corrected chi connectivity index (χ2v) is 3.81. The van der Waals surface area contributed by atoms with Gasteiger partial charge in [-0.25, -0.2) is 0 Å². The van der Waals surface area contributed by atoms with Gasteiger partial charge in [-0.15, -0.1) is 0 Å². The zero-order chi connectivity index (χ0) is 13.0. The van der Waals surface area contributed by atoms with Crippen LogP contribution in [0.3, 0.4) is 0 Å². The van der Waals surface area contributed by atoms with Gasteiger partial charge >= 0.3 is 0 Å². The molecule has 0 aliphatic rings. The molecule has 2 aromatic rings. The number of rotatable bonds is 3. The molecule has 2 rings (SSSR count). The van der Waals surface area contributed by atoms with Gasteiger partial charge in [0.2, 0.25) is 0 Å². The van der Waals surface area contributed by atoms with Crippen LogP contribution in [-0.2, 0) is 0 Å². The summed E-state index contributed by atoms with van der Waals surface area (Å²) in [6.07, 6.45) is 0. The first-order valence-corrected chi connectivity index (χ1v) is 5.58. The number of hydrogen-bond donors (Lipinski definition) is 1. The van der Waals surface area contributed by atoms with E-state index in [-0.39, 0.29) is 5.78 Å². The lowest BCUT2D eigenvalue weighted by molar-refractivity contribution is 0.103. The number of anilines is 1. The summed E-state index contributed by atoms with van der Waals surface area (Å²) in [6, 6.07) is 16.0. The molecule has 0 amide bonds. The highest BCUT2D eigenvalue weighted by Gasteiger charge is 2.12. The lowest BCUT2D eigenvalue weighted by Gasteiger charge is -2.07. The van der Waals surface area contributed by atoms with Crippen LogP contribution in [0.2, 0.25) is 0 Å². The number of ketones is 1. The fourth-order valence-electron chi connectivity index (χ4n) is 1.75. The molecule has 88 valence electrons. The molecule has 0 aliphatic heterocycles. The van der Waals surface area contributed by atoms with Gasteiger partial charge in [0.1, 0.15) is 0 Å². The highest BCUT2D eigenvalue weighted by Crippen LogP contribution is 2.18. The molecule has 0 radical (unpaired) electrons. The first-order valence-electron chi connectivity index (χ1n) is 5.58. The van der Waals surface area contributed by atoms with Crippen molar-refractivity contribution in [2.75, 3.05) is 12.4 Å². The predicted octanol–water partition coefficient (Wildman–Crippen LogP) is 2.83. The van der Waals surface area contributed by atoms with Crippen molar-refractivity contribution >= 4 is 11.5 Å². The second kappa shape index (κ2) is 5.15. The first kappa shape index (κ1) is 11.9. The third-order valence-electron chi connectivity index (χ3n) is 2.72. The lowest BCUT2D eigenvalue weighted by atomic mass is 10.0. The van der Waals surface area contributed by atoms with Crippen LogP contribution in [0.15, 0.2) is 48.5 Å². The lowest BCUT2D eigenvalue weighted by Crippen LogP contribution is -2.05. The highest BCUT2D eigenvalue weighted by atomic mass is 16.1. The van der Waals surface area contributed by atoms with E-state index in [1.54, 1.807) is 37.4 Å². The molecule has 0 aromatic heterocycles. The van der Waals surface area contributed by atoms with Crippen LogP contribution in [0.4, 0.5) is 5.69 Å². The highest BCUT2D eigenvalue weighted by molar-refractivity contribution is 6.12. The number of nitrogens with zero attached hydrogens (tertiary/aromatic N) is 1. The third-order valence-corrected chi connectivity index (χ3v) is 2.72. The number of hydrogen-bond acceptors (Lipinski definition) is 3. The molecule has 2 aromatic carbocycles. The van der Waals surface area contributed by atoms with Crippen molar-refractivity contribution in [3.05, 3.63) is 65.2 Å². The van der Waals surface area contributed by atoms with Gasteiger partial charge in [0.15, 0.2) is 5.78 Å². The van der Waals surface area contributed by atoms with Gasteiger partial charge in [-0.2, -0.15) is 5.26 Å². The summed E-state index contributed by atoms with van der Waals surface area (Å²) in [6.45, 7) is 0. The molecule has 0 saturated carbocycles. The summed E-state index contributed by atoms with van der Waals surface area (Å²) in [4.78, 5) is 12.3. The standard InChI is InChI=1S/C15H12N2O/c1-17-14-5-3-2-4-13(14)15(18)12-8-6-11(10-16)7-9-12/h2-9,17H,1H3. The second-order valence-electron chi connectivity index (χ2n) is 3.81. The molecular weight excluding hydrogens is 224 g/mol. The Hall–Kier alpha value is -2.60. The largest absolute Gasteiger partial charge is 0.388 e. The van der Waals surface area contributed by atoms with Crippen LogP contribution in [0.5, 0.6) is 0 Å². The minimum atomic E-state index is -0.0514. The Morgan fingerprint density at radius 1 is 1.11 bits per heavy atom. The van der Waals surface area contributed by atoms with Crippen LogP contribution in [0.25, 0.3) is 0 Å². The van der Waals surface area contributed by atoms with Crippen molar-refractivity contribution in [2.24, 2.45) is 0 Å². The molecule has 0 unspecified atom stereocenters. The van der Waals surface area contributed by atoms with Crippen LogP contribution in [-0.4, -0.2) is 12.8 Å². The zero-order valence-electron chi connectivity index (χ0n) is 9.97. The van der Waals surface area contributed by atoms with E-state index in [0.717, 1.165) is 5.69 Å². The van der Waals surface area contributed by atoms with Crippen molar-refractivity contribution in [1.82, 2.24) is 0 Å². The van der Waals surface area contributed by atoms with E-state index < -0.39 is 0 Å². The fraction of sp³-hybridized carbons (Fsp3) is 0.0667. The third kappa shape index (κ3) is 2.23. The summed E-state index contributed by atoms with van der Waals surface area (Å²) in [5, 5.41) is 11.7. The van der Waals surface area contributed by atoms with Crippen molar-refractivity contribution < 1.29 is 4.79 Å². The van der Waals surface area contributed by atoms with Gasteiger partial charge in [-0.3, -0.25) is 4.79 Å². The summed E-state index contributed by atoms with van der Waals surface area (Å²) in [7, 11) is 1.78. The fourth-order valence-corrected chi connectivity index (χ4v) is 1.75. The quantitative estimate of drug-likeness (QED) is 0.834. The zero-order valence-corrected chi connectivity index (χ0v) is 9.97. The normalized spacial score (nSPS) is 9.56. The molecule has 0 aliphatic carbocycles. The number of nitrogens with one attached hydrogen (secondary N) is 1. The Morgan fingerprint density at radius 3 is 2.39 bits per heavy atom. The number of benzene rings is 2. The Bertz CT molecular complexity index is 609. The minimum absolute atomic E-state index is 0.0514. The Kier molecular flexibility index (Phi) is 3.40. The van der Waals surface area contributed by atoms with Gasteiger partial charge in [0, 0.05) is 23.9 Å². The first-order chi connectivity index (χ1) is 8.76. The molecule has 0 fully saturated rings. The molecule has 18 heavy (non-hydrogen) atoms. The summed E-state index contributed by atoms with van der Waals surface area (Å²) in [5.74, 6) is -0.0514. The van der Waals surface area contributed by atoms with Crippen molar-refractivity contribution in [3.63, 3.8) is 0 Å². The number of para-hydroxylation sites is 1. The van der Waals surface area contributed by atoms with Crippen LogP contribution in [0.1, 0.15) is 21.5 Å². The van der Waals surface area contributed by atoms with E-state index in [2.05, 4.69) is 5.32 Å². The van der Waals surface area contributed by atoms with Crippen LogP contribution < -0.4 is 5.32 Å². The van der Waals surface area contributed by atoms with E-state index in [0.29, 0.717) is 16.7 Å². The smallest absolute Gasteiger partial charge is 0.195 e. The van der Waals surface area contributed by atoms with Gasteiger partial charge in [-0.05, 0) is 36.4 Å². The molecule has 0 atom stereocenters. The summed E-state index contributed by atoms with van der Waals surface area (Å²) < 4.78 is 0. The van der Waals surface area contributed by atoms with Gasteiger partial charge in [0.05, 0.1) is 11.6 Å². The van der Waals surface area contributed by atoms with Crippen molar-refractivity contribution in [2.45, 2.75) is 0 Å². The molecule has 3 nitrogen and oxygen atoms in total. The molecule has 0 saturated heterocycles. The summed E-state index contributed by atoms with van der Waals surface area (Å²) >= 11 is 0. The maximum atomic E-state index is 12.3. The van der Waals surface area contributed by atoms with Crippen molar-refractivity contribution in [1.29, 1.82) is 5.26 Å².